The highest BCUT2D eigenvalue weighted by molar-refractivity contribution is 7.10. The van der Waals surface area contributed by atoms with E-state index < -0.39 is 0 Å². The molecule has 6 heteroatoms. The largest absolute Gasteiger partial charge is 0.297 e. The van der Waals surface area contributed by atoms with Crippen LogP contribution in [0.4, 0.5) is 5.13 Å². The smallest absolute Gasteiger partial charge is 0.257 e. The molecule has 2 aromatic heterocycles. The van der Waals surface area contributed by atoms with Crippen molar-refractivity contribution in [2.24, 2.45) is 0 Å². The minimum Gasteiger partial charge on any atom is -0.297 e. The summed E-state index contributed by atoms with van der Waals surface area (Å²) in [5.74, 6) is 0.305. The van der Waals surface area contributed by atoms with Gasteiger partial charge in [0, 0.05) is 23.3 Å². The maximum atomic E-state index is 12.4. The third-order valence-electron chi connectivity index (χ3n) is 3.55. The van der Waals surface area contributed by atoms with Gasteiger partial charge in [-0.25, -0.2) is 0 Å². The maximum absolute atomic E-state index is 12.4. The number of anilines is 1. The molecule has 0 radical (unpaired) electrons. The van der Waals surface area contributed by atoms with Crippen molar-refractivity contribution >= 4 is 33.3 Å². The fourth-order valence-electron chi connectivity index (χ4n) is 2.37. The molecule has 0 aliphatic heterocycles. The maximum Gasteiger partial charge on any atom is 0.257 e. The Bertz CT molecular complexity index is 1010. The van der Waals surface area contributed by atoms with Gasteiger partial charge < -0.3 is 0 Å². The molecule has 4 aromatic rings. The quantitative estimate of drug-likeness (QED) is 0.615. The van der Waals surface area contributed by atoms with Crippen LogP contribution in [0.25, 0.3) is 22.3 Å². The molecule has 0 saturated carbocycles. The Morgan fingerprint density at radius 2 is 1.79 bits per heavy atom. The number of amides is 1. The SMILES string of the molecule is O=C(Nc1nc(-c2ccccn2)ns1)c1ccc2ccccc2c1. The van der Waals surface area contributed by atoms with Gasteiger partial charge in [0.15, 0.2) is 5.82 Å². The molecule has 1 N–H and O–H groups in total. The summed E-state index contributed by atoms with van der Waals surface area (Å²) in [7, 11) is 0. The van der Waals surface area contributed by atoms with Gasteiger partial charge in [0.1, 0.15) is 5.69 Å². The van der Waals surface area contributed by atoms with E-state index >= 15 is 0 Å². The average Bonchev–Trinajstić information content (AvgIpc) is 3.10. The monoisotopic (exact) mass is 332 g/mol. The number of rotatable bonds is 3. The highest BCUT2D eigenvalue weighted by Crippen LogP contribution is 2.21. The minimum atomic E-state index is -0.204. The average molecular weight is 332 g/mol. The number of carbonyl (C=O) groups is 1. The molecule has 0 unspecified atom stereocenters. The van der Waals surface area contributed by atoms with Crippen molar-refractivity contribution in [1.29, 1.82) is 0 Å². The van der Waals surface area contributed by atoms with Crippen LogP contribution in [0.1, 0.15) is 10.4 Å². The normalized spacial score (nSPS) is 10.7. The molecule has 1 amide bonds. The zero-order chi connectivity index (χ0) is 16.4. The van der Waals surface area contributed by atoms with Gasteiger partial charge in [-0.05, 0) is 35.0 Å². The molecule has 0 spiro atoms. The van der Waals surface area contributed by atoms with Gasteiger partial charge in [-0.3, -0.25) is 15.1 Å². The number of benzene rings is 2. The minimum absolute atomic E-state index is 0.204. The van der Waals surface area contributed by atoms with Gasteiger partial charge in [-0.15, -0.1) is 0 Å². The van der Waals surface area contributed by atoms with Crippen molar-refractivity contribution in [1.82, 2.24) is 14.3 Å². The molecule has 0 aliphatic carbocycles. The Kier molecular flexibility index (Phi) is 3.72. The number of hydrogen-bond donors (Lipinski definition) is 1. The lowest BCUT2D eigenvalue weighted by atomic mass is 10.1. The summed E-state index contributed by atoms with van der Waals surface area (Å²) in [5.41, 5.74) is 1.27. The van der Waals surface area contributed by atoms with Crippen LogP contribution < -0.4 is 5.32 Å². The van der Waals surface area contributed by atoms with E-state index in [2.05, 4.69) is 19.7 Å². The molecule has 4 rings (SSSR count). The molecule has 0 bridgehead atoms. The van der Waals surface area contributed by atoms with E-state index in [9.17, 15) is 4.79 Å². The van der Waals surface area contributed by atoms with Crippen LogP contribution in [0.5, 0.6) is 0 Å². The molecular formula is C18H12N4OS. The number of carbonyl (C=O) groups excluding carboxylic acids is 1. The molecule has 0 fully saturated rings. The highest BCUT2D eigenvalue weighted by atomic mass is 32.1. The first kappa shape index (κ1) is 14.5. The van der Waals surface area contributed by atoms with Crippen LogP contribution >= 0.6 is 11.5 Å². The first-order valence-corrected chi connectivity index (χ1v) is 8.12. The zero-order valence-corrected chi connectivity index (χ0v) is 13.3. The molecule has 0 aliphatic rings. The van der Waals surface area contributed by atoms with E-state index in [4.69, 9.17) is 0 Å². The van der Waals surface area contributed by atoms with E-state index in [1.54, 1.807) is 12.3 Å². The molecule has 24 heavy (non-hydrogen) atoms. The second-order valence-electron chi connectivity index (χ2n) is 5.15. The predicted octanol–water partition coefficient (Wildman–Crippen LogP) is 4.01. The van der Waals surface area contributed by atoms with E-state index in [-0.39, 0.29) is 5.91 Å². The summed E-state index contributed by atoms with van der Waals surface area (Å²) < 4.78 is 4.24. The van der Waals surface area contributed by atoms with Crippen LogP contribution in [0.2, 0.25) is 0 Å². The highest BCUT2D eigenvalue weighted by Gasteiger charge is 2.12. The number of nitrogens with one attached hydrogen (secondary N) is 1. The predicted molar refractivity (Wildman–Crippen MR) is 95.0 cm³/mol. The standard InChI is InChI=1S/C18H12N4OS/c23-17(14-9-8-12-5-1-2-6-13(12)11-14)21-18-20-16(22-24-18)15-7-3-4-10-19-15/h1-11H,(H,20,21,22,23). The van der Waals surface area contributed by atoms with Crippen LogP contribution in [0, 0.1) is 0 Å². The third kappa shape index (κ3) is 2.87. The van der Waals surface area contributed by atoms with Crippen molar-refractivity contribution in [2.75, 3.05) is 5.32 Å². The molecule has 5 nitrogen and oxygen atoms in total. The molecular weight excluding hydrogens is 320 g/mol. The van der Waals surface area contributed by atoms with E-state index in [0.29, 0.717) is 22.2 Å². The lowest BCUT2D eigenvalue weighted by Crippen LogP contribution is -2.11. The van der Waals surface area contributed by atoms with E-state index in [1.165, 1.54) is 0 Å². The summed E-state index contributed by atoms with van der Waals surface area (Å²) in [6.07, 6.45) is 1.68. The van der Waals surface area contributed by atoms with Gasteiger partial charge >= 0.3 is 0 Å². The van der Waals surface area contributed by atoms with Crippen molar-refractivity contribution in [2.45, 2.75) is 0 Å². The summed E-state index contributed by atoms with van der Waals surface area (Å²) >= 11 is 1.14. The Hall–Kier alpha value is -3.12. The summed E-state index contributed by atoms with van der Waals surface area (Å²) in [4.78, 5) is 20.9. The second kappa shape index (κ2) is 6.17. The Morgan fingerprint density at radius 1 is 0.958 bits per heavy atom. The van der Waals surface area contributed by atoms with Gasteiger partial charge in [-0.1, -0.05) is 36.4 Å². The number of fused-ring (bicyclic) bond motifs is 1. The Balaban J connectivity index is 1.56. The fraction of sp³-hybridized carbons (Fsp3) is 0. The molecule has 2 aromatic carbocycles. The molecule has 116 valence electrons. The lowest BCUT2D eigenvalue weighted by Gasteiger charge is -2.03. The first-order valence-electron chi connectivity index (χ1n) is 7.35. The van der Waals surface area contributed by atoms with Gasteiger partial charge in [0.05, 0.1) is 0 Å². The number of nitrogens with zero attached hydrogens (tertiary/aromatic N) is 3. The third-order valence-corrected chi connectivity index (χ3v) is 4.18. The summed E-state index contributed by atoms with van der Waals surface area (Å²) in [5, 5.41) is 5.37. The molecule has 2 heterocycles. The van der Waals surface area contributed by atoms with Crippen LogP contribution in [0.3, 0.4) is 0 Å². The van der Waals surface area contributed by atoms with Crippen molar-refractivity contribution in [3.05, 3.63) is 72.4 Å². The second-order valence-corrected chi connectivity index (χ2v) is 5.91. The van der Waals surface area contributed by atoms with Crippen LogP contribution in [0.15, 0.2) is 66.9 Å². The fourth-order valence-corrected chi connectivity index (χ4v) is 2.95. The summed E-state index contributed by atoms with van der Waals surface area (Å²) in [6, 6.07) is 19.1. The van der Waals surface area contributed by atoms with Crippen LogP contribution in [-0.4, -0.2) is 20.2 Å². The van der Waals surface area contributed by atoms with Gasteiger partial charge in [-0.2, -0.15) is 9.36 Å². The Labute approximate surface area is 142 Å². The van der Waals surface area contributed by atoms with E-state index in [1.807, 2.05) is 54.6 Å². The van der Waals surface area contributed by atoms with Crippen molar-refractivity contribution in [3.63, 3.8) is 0 Å². The summed E-state index contributed by atoms with van der Waals surface area (Å²) in [6.45, 7) is 0. The van der Waals surface area contributed by atoms with Gasteiger partial charge in [0.25, 0.3) is 5.91 Å². The number of aromatic nitrogens is 3. The lowest BCUT2D eigenvalue weighted by molar-refractivity contribution is 0.102. The number of pyridine rings is 1. The van der Waals surface area contributed by atoms with Crippen molar-refractivity contribution < 1.29 is 4.79 Å². The topological polar surface area (TPSA) is 67.8 Å². The molecule has 0 atom stereocenters. The van der Waals surface area contributed by atoms with Gasteiger partial charge in [0.2, 0.25) is 5.13 Å². The van der Waals surface area contributed by atoms with Crippen molar-refractivity contribution in [3.8, 4) is 11.5 Å². The van der Waals surface area contributed by atoms with E-state index in [0.717, 1.165) is 22.3 Å². The molecule has 0 saturated heterocycles. The Morgan fingerprint density at radius 3 is 2.62 bits per heavy atom. The zero-order valence-electron chi connectivity index (χ0n) is 12.5. The number of hydrogen-bond acceptors (Lipinski definition) is 5. The first-order chi connectivity index (χ1) is 11.8. The van der Waals surface area contributed by atoms with Crippen LogP contribution in [-0.2, 0) is 0 Å².